The minimum Gasteiger partial charge on any atom is 1.00 e. The number of quaternary nitrogens is 2. The molecule has 0 unspecified atom stereocenters. The largest absolute Gasteiger partial charge is 1.00 e. The average Bonchev–Trinajstić information content (AvgIpc) is 1.48. The summed E-state index contributed by atoms with van der Waals surface area (Å²) in [7, 11) is -32.8. The summed E-state index contributed by atoms with van der Waals surface area (Å²) in [5.41, 5.74) is 4.18. The summed E-state index contributed by atoms with van der Waals surface area (Å²) in [6.07, 6.45) is 5.43. The van der Waals surface area contributed by atoms with Crippen molar-refractivity contribution in [3.05, 3.63) is 137 Å². The number of aliphatic imine (C=N–C) groups is 2. The molecular formula is C68H90N10Na4O16S4Si3. The quantitative estimate of drug-likeness (QED) is 0.0114. The molecule has 0 saturated carbocycles. The molecule has 548 valence electrons. The molecule has 0 amide bonds. The molecule has 0 N–H and O–H groups in total. The molecule has 6 aliphatic rings. The van der Waals surface area contributed by atoms with E-state index in [2.05, 4.69) is 98.6 Å². The van der Waals surface area contributed by atoms with Gasteiger partial charge in [0, 0.05) is 0 Å². The number of carbonyl (C=O) groups excluding carboxylic acids is 1. The van der Waals surface area contributed by atoms with Crippen LogP contribution < -0.4 is 134 Å². The number of aromatic nitrogens is 2. The maximum absolute atomic E-state index is 12.1. The number of benzene rings is 4. The van der Waals surface area contributed by atoms with Gasteiger partial charge in [0.15, 0.2) is 0 Å². The predicted octanol–water partition coefficient (Wildman–Crippen LogP) is -5.58. The molecule has 0 fully saturated rings. The van der Waals surface area contributed by atoms with Crippen LogP contribution in [0, 0.1) is 6.92 Å². The minimum absolute atomic E-state index is 0. The third-order valence-corrected chi connectivity index (χ3v) is 41.3. The van der Waals surface area contributed by atoms with Crippen LogP contribution in [0.1, 0.15) is 125 Å². The van der Waals surface area contributed by atoms with Crippen LogP contribution in [-0.2, 0) is 53.5 Å². The van der Waals surface area contributed by atoms with Gasteiger partial charge in [-0.2, -0.15) is 0 Å². The van der Waals surface area contributed by atoms with Gasteiger partial charge in [-0.3, -0.25) is 0 Å². The molecule has 26 nitrogen and oxygen atoms in total. The zero-order valence-electron chi connectivity index (χ0n) is 61.8. The third-order valence-electron chi connectivity index (χ3n) is 21.4. The van der Waals surface area contributed by atoms with Crippen LogP contribution >= 0.6 is 0 Å². The van der Waals surface area contributed by atoms with Crippen molar-refractivity contribution in [2.24, 2.45) is 20.0 Å². The van der Waals surface area contributed by atoms with Crippen molar-refractivity contribution in [3.63, 3.8) is 0 Å². The van der Waals surface area contributed by atoms with E-state index in [0.717, 1.165) is 43.8 Å². The van der Waals surface area contributed by atoms with E-state index in [-0.39, 0.29) is 150 Å². The molecule has 105 heavy (non-hydrogen) atoms. The Morgan fingerprint density at radius 1 is 0.438 bits per heavy atom. The summed E-state index contributed by atoms with van der Waals surface area (Å²) in [5, 5.41) is 14.8. The van der Waals surface area contributed by atoms with E-state index in [9.17, 15) is 70.0 Å². The third kappa shape index (κ3) is 17.1. The van der Waals surface area contributed by atoms with E-state index in [4.69, 9.17) is 20.0 Å². The van der Waals surface area contributed by atoms with Crippen LogP contribution in [-0.4, -0.2) is 207 Å². The number of hydrogen-bond donors (Lipinski definition) is 0. The van der Waals surface area contributed by atoms with E-state index < -0.39 is 93.8 Å². The standard InChI is InChI=1S/C68H94N10O16S4Si3.4Na/c1-6-7-38-77(40-19-23-46-95(81,82)83,41-20-24-47-96(84,85)86)44-27-50-99(2,3)93-101(94-100(4,5)51-28-45-78(39-18-8-9-37-60(79)80,42-21-25-48-97(87,88)89)43-22-26-49-98(90,91)92)73-61-52-29-10-11-30-53(52)62(73)70-64-56-33-14-15-34-57(56)66(75(64)101)72-68-59-36-17-16-35-58(59)67(76(68)101)71-65-55-32-13-12-31-54(55)63(69-61)74(65)101;;;;/h10-17,29-36H,1,6-9,18-28,37-51H2,2-5H3,(H4-,79,80,81,82,83,84,85,86,87,88,89,90,91,92);;;;/q;4*+1/p-4. The number of fused-ring (bicyclic) bond motifs is 12. The Morgan fingerprint density at radius 3 is 1.10 bits per heavy atom. The number of hydrogen-bond acceptors (Lipinski definition) is 20. The summed E-state index contributed by atoms with van der Waals surface area (Å²) < 4.78 is 173. The number of carbonyl (C=O) groups is 1. The Labute approximate surface area is 706 Å². The molecule has 0 atom stereocenters. The topological polar surface area (TPSA) is 353 Å². The molecule has 6 aliphatic heterocycles. The summed E-state index contributed by atoms with van der Waals surface area (Å²) in [4.78, 5) is 35.1. The number of carboxylic acids is 1. The second-order valence-electron chi connectivity index (χ2n) is 29.6. The number of amidine groups is 4. The predicted molar refractivity (Wildman–Crippen MR) is 385 cm³/mol. The SMILES string of the molecule is [CH2-]CCC[N+](CCCCS(=O)(=O)[O-])(CCCCS(=O)(=O)[O-])CCC[Si](C)(C)O[Si-2]123(O[Si](C)(C)CCC[N+](CCCCCC(=O)[O-])(CCCCS(=O)(=O)[O-])CCCCS(=O)(=O)[O-])n4c5c6ccccc6c4N=C4c6ccccc6C(=[N+]41)N=c1c4ccccc4c(n12)=NC1=[N+]3C(=N5)c2ccccc21.[Na+].[Na+].[Na+].[Na+]. The molecule has 6 aromatic rings. The van der Waals surface area contributed by atoms with Gasteiger partial charge >= 0.3 is 705 Å². The van der Waals surface area contributed by atoms with Gasteiger partial charge in [-0.05, 0) is 0 Å². The number of rotatable bonds is 41. The first-order valence-corrected chi connectivity index (χ1v) is 50.4. The van der Waals surface area contributed by atoms with Gasteiger partial charge in [0.25, 0.3) is 0 Å². The summed E-state index contributed by atoms with van der Waals surface area (Å²) in [6, 6.07) is 33.2. The molecule has 0 saturated heterocycles. The monoisotopic (exact) mass is 1610 g/mol. The maximum atomic E-state index is 12.1. The van der Waals surface area contributed by atoms with E-state index in [0.29, 0.717) is 190 Å². The second-order valence-corrected chi connectivity index (χ2v) is 50.0. The van der Waals surface area contributed by atoms with Gasteiger partial charge < -0.3 is 9.90 Å². The van der Waals surface area contributed by atoms with Crippen LogP contribution in [0.25, 0.3) is 21.5 Å². The molecule has 37 heteroatoms. The van der Waals surface area contributed by atoms with E-state index >= 15 is 0 Å². The van der Waals surface area contributed by atoms with Crippen molar-refractivity contribution >= 4 is 127 Å². The van der Waals surface area contributed by atoms with Crippen molar-refractivity contribution in [3.8, 4) is 0 Å². The number of nitrogens with zero attached hydrogens (tertiary/aromatic N) is 10. The molecule has 0 aliphatic carbocycles. The van der Waals surface area contributed by atoms with Crippen LogP contribution in [0.3, 0.4) is 0 Å². The molecule has 0 bridgehead atoms. The van der Waals surface area contributed by atoms with Gasteiger partial charge in [0.2, 0.25) is 0 Å². The van der Waals surface area contributed by atoms with Gasteiger partial charge in [0.05, 0.1) is 0 Å². The first-order chi connectivity index (χ1) is 47.6. The first-order valence-electron chi connectivity index (χ1n) is 35.3. The summed E-state index contributed by atoms with van der Waals surface area (Å²) in [6.45, 7) is 16.9. The average molecular weight is 1610 g/mol. The van der Waals surface area contributed by atoms with Gasteiger partial charge in [-0.1, -0.05) is 0 Å². The number of carboxylic acid groups (broad SMARTS) is 1. The molecule has 0 radical (unpaired) electrons. The van der Waals surface area contributed by atoms with Crippen molar-refractivity contribution in [1.82, 2.24) is 8.47 Å². The zero-order valence-corrected chi connectivity index (χ0v) is 76.1. The summed E-state index contributed by atoms with van der Waals surface area (Å²) in [5.74, 6) is -0.189. The Kier molecular flexibility index (Phi) is 28.2. The molecule has 2 aromatic heterocycles. The van der Waals surface area contributed by atoms with Gasteiger partial charge in [-0.25, -0.2) is 0 Å². The number of aliphatic carboxylic acids is 1. The fraction of sp³-hybridized carbons (Fsp3) is 0.500. The molecule has 12 rings (SSSR count). The zero-order chi connectivity index (χ0) is 72.3. The van der Waals surface area contributed by atoms with E-state index in [1.165, 1.54) is 0 Å². The van der Waals surface area contributed by atoms with Crippen molar-refractivity contribution in [2.75, 3.05) is 75.4 Å². The van der Waals surface area contributed by atoms with Gasteiger partial charge in [-0.15, -0.1) is 0 Å². The Hall–Kier alpha value is -2.16. The van der Waals surface area contributed by atoms with Crippen molar-refractivity contribution in [2.45, 2.75) is 141 Å². The normalized spacial score (nSPS) is 17.0. The van der Waals surface area contributed by atoms with Crippen LogP contribution in [0.2, 0.25) is 38.3 Å². The van der Waals surface area contributed by atoms with Crippen LogP contribution in [0.15, 0.2) is 117 Å². The van der Waals surface area contributed by atoms with Crippen molar-refractivity contribution < 1.29 is 206 Å². The van der Waals surface area contributed by atoms with Crippen LogP contribution in [0.5, 0.6) is 0 Å². The fourth-order valence-corrected chi connectivity index (χ4v) is 42.0. The first kappa shape index (κ1) is 88.4. The Morgan fingerprint density at radius 2 is 0.752 bits per heavy atom. The van der Waals surface area contributed by atoms with E-state index in [1.54, 1.807) is 0 Å². The smallest absolute Gasteiger partial charge is 1.00 e. The van der Waals surface area contributed by atoms with Crippen molar-refractivity contribution in [1.29, 1.82) is 0 Å². The number of unbranched alkanes of at least 4 members (excludes halogenated alkanes) is 7. The van der Waals surface area contributed by atoms with Gasteiger partial charge in [0.1, 0.15) is 0 Å². The maximum Gasteiger partial charge on any atom is 1.00 e. The molecule has 8 heterocycles. The minimum atomic E-state index is -7.34. The second kappa shape index (κ2) is 33.5. The molecule has 1 spiro atoms. The summed E-state index contributed by atoms with van der Waals surface area (Å²) >= 11 is 0. The molecule has 4 aromatic carbocycles. The van der Waals surface area contributed by atoms with Crippen LogP contribution in [0.4, 0.5) is 11.6 Å². The molecular weight excluding hydrogens is 1520 g/mol. The Bertz CT molecular complexity index is 4860. The fourth-order valence-electron chi connectivity index (χ4n) is 17.5. The van der Waals surface area contributed by atoms with E-state index in [1.807, 2.05) is 48.5 Å². The Balaban J connectivity index is 0.00000348.